The molecule has 6 heteroatoms. The molecule has 0 amide bonds. The number of furan rings is 1. The number of rotatable bonds is 5. The van der Waals surface area contributed by atoms with Gasteiger partial charge in [0.05, 0.1) is 22.4 Å². The molecular formula is C18H15N3O3. The van der Waals surface area contributed by atoms with E-state index in [0.717, 1.165) is 11.3 Å². The normalized spacial score (nSPS) is 10.9. The minimum absolute atomic E-state index is 0.00775. The molecule has 0 spiro atoms. The molecule has 0 radical (unpaired) electrons. The van der Waals surface area contributed by atoms with Gasteiger partial charge in [0.25, 0.3) is 5.69 Å². The van der Waals surface area contributed by atoms with Crippen LogP contribution in [0, 0.1) is 17.0 Å². The van der Waals surface area contributed by atoms with Gasteiger partial charge in [-0.1, -0.05) is 30.3 Å². The molecule has 0 saturated heterocycles. The van der Waals surface area contributed by atoms with Gasteiger partial charge in [-0.3, -0.25) is 15.5 Å². The molecule has 0 fully saturated rings. The Bertz CT molecular complexity index is 900. The highest BCUT2D eigenvalue weighted by Gasteiger charge is 2.16. The second-order valence-electron chi connectivity index (χ2n) is 5.16. The smallest absolute Gasteiger partial charge is 0.280 e. The summed E-state index contributed by atoms with van der Waals surface area (Å²) < 4.78 is 5.63. The summed E-state index contributed by atoms with van der Waals surface area (Å²) in [6, 6.07) is 17.7. The van der Waals surface area contributed by atoms with Crippen LogP contribution in [0.5, 0.6) is 0 Å². The van der Waals surface area contributed by atoms with Crippen LogP contribution in [-0.2, 0) is 0 Å². The fourth-order valence-electron chi connectivity index (χ4n) is 2.27. The third-order valence-corrected chi connectivity index (χ3v) is 3.51. The summed E-state index contributed by atoms with van der Waals surface area (Å²) in [5.41, 5.74) is 5.37. The standard InChI is InChI=1S/C18H15N3O3/c1-13-6-2-4-8-16(13)20-19-12-14-10-11-18(24-14)15-7-3-5-9-17(15)21(22)23/h2-12,20H,1H3/b19-12-. The van der Waals surface area contributed by atoms with Crippen LogP contribution in [-0.4, -0.2) is 11.1 Å². The molecule has 0 unspecified atom stereocenters. The number of hydrazone groups is 1. The van der Waals surface area contributed by atoms with Crippen molar-refractivity contribution in [3.8, 4) is 11.3 Å². The topological polar surface area (TPSA) is 80.7 Å². The Balaban J connectivity index is 1.78. The zero-order valence-electron chi connectivity index (χ0n) is 13.0. The third kappa shape index (κ3) is 3.33. The SMILES string of the molecule is Cc1ccccc1N/N=C\c1ccc(-c2ccccc2[N+](=O)[O-])o1. The number of hydrogen-bond donors (Lipinski definition) is 1. The Labute approximate surface area is 138 Å². The molecule has 24 heavy (non-hydrogen) atoms. The monoisotopic (exact) mass is 321 g/mol. The predicted molar refractivity (Wildman–Crippen MR) is 93.2 cm³/mol. The first kappa shape index (κ1) is 15.5. The van der Waals surface area contributed by atoms with Crippen LogP contribution >= 0.6 is 0 Å². The van der Waals surface area contributed by atoms with Crippen molar-refractivity contribution in [3.05, 3.63) is 82.1 Å². The molecular weight excluding hydrogens is 306 g/mol. The summed E-state index contributed by atoms with van der Waals surface area (Å²) in [5, 5.41) is 15.2. The summed E-state index contributed by atoms with van der Waals surface area (Å²) in [6.45, 7) is 1.98. The lowest BCUT2D eigenvalue weighted by molar-refractivity contribution is -0.384. The van der Waals surface area contributed by atoms with Gasteiger partial charge in [0.1, 0.15) is 11.5 Å². The van der Waals surface area contributed by atoms with E-state index in [1.165, 1.54) is 12.3 Å². The maximum atomic E-state index is 11.1. The maximum Gasteiger partial charge on any atom is 0.280 e. The average Bonchev–Trinajstić information content (AvgIpc) is 3.05. The zero-order valence-corrected chi connectivity index (χ0v) is 13.0. The molecule has 1 heterocycles. The van der Waals surface area contributed by atoms with E-state index in [0.29, 0.717) is 17.1 Å². The van der Waals surface area contributed by atoms with Crippen LogP contribution < -0.4 is 5.43 Å². The average molecular weight is 321 g/mol. The number of nitrogens with one attached hydrogen (secondary N) is 1. The fourth-order valence-corrected chi connectivity index (χ4v) is 2.27. The minimum atomic E-state index is -0.425. The lowest BCUT2D eigenvalue weighted by atomic mass is 10.1. The van der Waals surface area contributed by atoms with Crippen molar-refractivity contribution in [3.63, 3.8) is 0 Å². The van der Waals surface area contributed by atoms with E-state index in [-0.39, 0.29) is 5.69 Å². The number of anilines is 1. The van der Waals surface area contributed by atoms with E-state index in [2.05, 4.69) is 10.5 Å². The molecule has 6 nitrogen and oxygen atoms in total. The minimum Gasteiger partial charge on any atom is -0.455 e. The summed E-state index contributed by atoms with van der Waals surface area (Å²) in [6.07, 6.45) is 1.53. The molecule has 120 valence electrons. The summed E-state index contributed by atoms with van der Waals surface area (Å²) in [4.78, 5) is 10.7. The zero-order chi connectivity index (χ0) is 16.9. The highest BCUT2D eigenvalue weighted by Crippen LogP contribution is 2.30. The number of benzene rings is 2. The van der Waals surface area contributed by atoms with Crippen molar-refractivity contribution >= 4 is 17.6 Å². The molecule has 0 aliphatic rings. The molecule has 1 N–H and O–H groups in total. The number of nitro groups is 1. The Morgan fingerprint density at radius 2 is 1.83 bits per heavy atom. The maximum absolute atomic E-state index is 11.1. The fraction of sp³-hybridized carbons (Fsp3) is 0.0556. The Morgan fingerprint density at radius 3 is 2.62 bits per heavy atom. The first-order valence-electron chi connectivity index (χ1n) is 7.33. The van der Waals surface area contributed by atoms with Gasteiger partial charge in [0, 0.05) is 6.07 Å². The molecule has 0 bridgehead atoms. The van der Waals surface area contributed by atoms with Gasteiger partial charge in [-0.25, -0.2) is 0 Å². The second-order valence-corrected chi connectivity index (χ2v) is 5.16. The Morgan fingerprint density at radius 1 is 1.08 bits per heavy atom. The van der Waals surface area contributed by atoms with E-state index < -0.39 is 4.92 Å². The first-order chi connectivity index (χ1) is 11.6. The van der Waals surface area contributed by atoms with Crippen molar-refractivity contribution < 1.29 is 9.34 Å². The van der Waals surface area contributed by atoms with Crippen molar-refractivity contribution in [1.29, 1.82) is 0 Å². The van der Waals surface area contributed by atoms with Crippen LogP contribution in [0.25, 0.3) is 11.3 Å². The molecule has 0 saturated carbocycles. The molecule has 0 aliphatic carbocycles. The number of nitro benzene ring substituents is 1. The van der Waals surface area contributed by atoms with Crippen molar-refractivity contribution in [1.82, 2.24) is 0 Å². The molecule has 3 rings (SSSR count). The summed E-state index contributed by atoms with van der Waals surface area (Å²) in [7, 11) is 0. The number of hydrogen-bond acceptors (Lipinski definition) is 5. The lowest BCUT2D eigenvalue weighted by Gasteiger charge is -2.02. The number of para-hydroxylation sites is 2. The third-order valence-electron chi connectivity index (χ3n) is 3.51. The molecule has 0 atom stereocenters. The van der Waals surface area contributed by atoms with Crippen molar-refractivity contribution in [2.24, 2.45) is 5.10 Å². The second kappa shape index (κ2) is 6.78. The van der Waals surface area contributed by atoms with Gasteiger partial charge >= 0.3 is 0 Å². The van der Waals surface area contributed by atoms with E-state index in [1.807, 2.05) is 31.2 Å². The van der Waals surface area contributed by atoms with E-state index >= 15 is 0 Å². The predicted octanol–water partition coefficient (Wildman–Crippen LogP) is 4.61. The van der Waals surface area contributed by atoms with Gasteiger partial charge in [0.2, 0.25) is 0 Å². The summed E-state index contributed by atoms with van der Waals surface area (Å²) in [5.74, 6) is 0.934. The lowest BCUT2D eigenvalue weighted by Crippen LogP contribution is -1.92. The van der Waals surface area contributed by atoms with Crippen LogP contribution in [0.3, 0.4) is 0 Å². The van der Waals surface area contributed by atoms with Crippen molar-refractivity contribution in [2.45, 2.75) is 6.92 Å². The van der Waals surface area contributed by atoms with Crippen LogP contribution in [0.2, 0.25) is 0 Å². The van der Waals surface area contributed by atoms with Crippen molar-refractivity contribution in [2.75, 3.05) is 5.43 Å². The van der Waals surface area contributed by atoms with Crippen LogP contribution in [0.4, 0.5) is 11.4 Å². The number of aryl methyl sites for hydroxylation is 1. The molecule has 2 aromatic carbocycles. The van der Waals surface area contributed by atoms with Gasteiger partial charge < -0.3 is 4.42 Å². The van der Waals surface area contributed by atoms with E-state index in [4.69, 9.17) is 4.42 Å². The Kier molecular flexibility index (Phi) is 4.38. The molecule has 3 aromatic rings. The summed E-state index contributed by atoms with van der Waals surface area (Å²) >= 11 is 0. The van der Waals surface area contributed by atoms with E-state index in [9.17, 15) is 10.1 Å². The largest absolute Gasteiger partial charge is 0.455 e. The van der Waals surface area contributed by atoms with Crippen LogP contribution in [0.15, 0.2) is 70.2 Å². The number of nitrogens with zero attached hydrogens (tertiary/aromatic N) is 2. The van der Waals surface area contributed by atoms with Gasteiger partial charge in [-0.2, -0.15) is 5.10 Å². The highest BCUT2D eigenvalue weighted by molar-refractivity contribution is 5.79. The van der Waals surface area contributed by atoms with Gasteiger partial charge in [-0.15, -0.1) is 0 Å². The van der Waals surface area contributed by atoms with Gasteiger partial charge in [0.15, 0.2) is 0 Å². The van der Waals surface area contributed by atoms with Crippen LogP contribution in [0.1, 0.15) is 11.3 Å². The molecule has 0 aliphatic heterocycles. The first-order valence-corrected chi connectivity index (χ1v) is 7.33. The highest BCUT2D eigenvalue weighted by atomic mass is 16.6. The van der Waals surface area contributed by atoms with Gasteiger partial charge in [-0.05, 0) is 36.8 Å². The Hall–Kier alpha value is -3.41. The quantitative estimate of drug-likeness (QED) is 0.423. The van der Waals surface area contributed by atoms with E-state index in [1.54, 1.807) is 30.3 Å². The molecule has 1 aromatic heterocycles.